The van der Waals surface area contributed by atoms with Gasteiger partial charge in [-0.15, -0.1) is 0 Å². The number of carbonyl (C=O) groups is 2. The van der Waals surface area contributed by atoms with E-state index in [2.05, 4.69) is 10.6 Å². The van der Waals surface area contributed by atoms with Crippen LogP contribution < -0.4 is 22.1 Å². The third-order valence-electron chi connectivity index (χ3n) is 2.65. The summed E-state index contributed by atoms with van der Waals surface area (Å²) >= 11 is 0. The van der Waals surface area contributed by atoms with Crippen LogP contribution in [-0.4, -0.2) is 24.4 Å². The zero-order valence-corrected chi connectivity index (χ0v) is 9.19. The molecule has 1 aromatic rings. The van der Waals surface area contributed by atoms with E-state index < -0.39 is 5.91 Å². The molecule has 0 aromatic heterocycles. The number of primary amides is 1. The van der Waals surface area contributed by atoms with E-state index in [1.165, 1.54) is 0 Å². The van der Waals surface area contributed by atoms with E-state index in [-0.39, 0.29) is 11.9 Å². The van der Waals surface area contributed by atoms with Gasteiger partial charge in [0.25, 0.3) is 5.91 Å². The van der Waals surface area contributed by atoms with Crippen LogP contribution in [0.4, 0.5) is 11.4 Å². The van der Waals surface area contributed by atoms with Gasteiger partial charge in [-0.25, -0.2) is 0 Å². The lowest BCUT2D eigenvalue weighted by Crippen LogP contribution is -2.24. The van der Waals surface area contributed by atoms with E-state index in [4.69, 9.17) is 11.5 Å². The number of nitrogen functional groups attached to an aromatic ring is 1. The summed E-state index contributed by atoms with van der Waals surface area (Å²) < 4.78 is 0. The summed E-state index contributed by atoms with van der Waals surface area (Å²) in [5.74, 6) is -0.531. The number of rotatable bonds is 3. The Labute approximate surface area is 98.4 Å². The second-order valence-corrected chi connectivity index (χ2v) is 4.02. The van der Waals surface area contributed by atoms with Gasteiger partial charge in [0.1, 0.15) is 0 Å². The van der Waals surface area contributed by atoms with Crippen molar-refractivity contribution >= 4 is 23.2 Å². The fourth-order valence-electron chi connectivity index (χ4n) is 1.82. The highest BCUT2D eigenvalue weighted by Gasteiger charge is 2.22. The van der Waals surface area contributed by atoms with Crippen LogP contribution in [0.3, 0.4) is 0 Å². The molecule has 1 fully saturated rings. The van der Waals surface area contributed by atoms with Gasteiger partial charge in [-0.05, 0) is 18.2 Å². The first-order valence-electron chi connectivity index (χ1n) is 5.29. The van der Waals surface area contributed by atoms with Crippen molar-refractivity contribution in [3.8, 4) is 0 Å². The summed E-state index contributed by atoms with van der Waals surface area (Å²) in [5, 5.41) is 5.80. The van der Waals surface area contributed by atoms with E-state index in [1.807, 2.05) is 0 Å². The molecule has 1 aliphatic heterocycles. The molecule has 1 aliphatic rings. The SMILES string of the molecule is NC(=O)c1ccc(N)cc1NC1CNC(=O)C1. The second kappa shape index (κ2) is 4.32. The molecule has 1 atom stereocenters. The van der Waals surface area contributed by atoms with E-state index in [0.29, 0.717) is 29.9 Å². The van der Waals surface area contributed by atoms with E-state index in [1.54, 1.807) is 18.2 Å². The van der Waals surface area contributed by atoms with E-state index in [9.17, 15) is 9.59 Å². The third kappa shape index (κ3) is 2.47. The average molecular weight is 234 g/mol. The molecular formula is C11H14N4O2. The number of nitrogens with two attached hydrogens (primary N) is 2. The second-order valence-electron chi connectivity index (χ2n) is 4.02. The van der Waals surface area contributed by atoms with Crippen LogP contribution in [0.15, 0.2) is 18.2 Å². The minimum Gasteiger partial charge on any atom is -0.399 e. The molecule has 0 bridgehead atoms. The number of hydrogen-bond acceptors (Lipinski definition) is 4. The fourth-order valence-corrected chi connectivity index (χ4v) is 1.82. The molecule has 6 nitrogen and oxygen atoms in total. The molecule has 1 saturated heterocycles. The van der Waals surface area contributed by atoms with Gasteiger partial charge in [-0.2, -0.15) is 0 Å². The van der Waals surface area contributed by atoms with Crippen LogP contribution in [0.5, 0.6) is 0 Å². The van der Waals surface area contributed by atoms with Gasteiger partial charge in [0.15, 0.2) is 0 Å². The first-order chi connectivity index (χ1) is 8.06. The zero-order valence-electron chi connectivity index (χ0n) is 9.19. The van der Waals surface area contributed by atoms with Crippen molar-refractivity contribution in [3.05, 3.63) is 23.8 Å². The fraction of sp³-hybridized carbons (Fsp3) is 0.273. The Kier molecular flexibility index (Phi) is 2.86. The summed E-state index contributed by atoms with van der Waals surface area (Å²) in [6.45, 7) is 0.534. The quantitative estimate of drug-likeness (QED) is 0.536. The predicted octanol–water partition coefficient (Wildman–Crippen LogP) is -0.332. The molecule has 6 heteroatoms. The van der Waals surface area contributed by atoms with Crippen molar-refractivity contribution in [3.63, 3.8) is 0 Å². The Bertz CT molecular complexity index is 473. The molecule has 90 valence electrons. The smallest absolute Gasteiger partial charge is 0.250 e. The molecule has 0 aliphatic carbocycles. The first-order valence-corrected chi connectivity index (χ1v) is 5.29. The van der Waals surface area contributed by atoms with Crippen molar-refractivity contribution < 1.29 is 9.59 Å². The van der Waals surface area contributed by atoms with Crippen LogP contribution >= 0.6 is 0 Å². The summed E-state index contributed by atoms with van der Waals surface area (Å²) in [4.78, 5) is 22.3. The Hall–Kier alpha value is -2.24. The molecule has 0 spiro atoms. The molecule has 1 unspecified atom stereocenters. The van der Waals surface area contributed by atoms with Gasteiger partial charge < -0.3 is 22.1 Å². The average Bonchev–Trinajstić information content (AvgIpc) is 2.63. The molecule has 0 radical (unpaired) electrons. The monoisotopic (exact) mass is 234 g/mol. The molecule has 1 heterocycles. The Morgan fingerprint density at radius 3 is 2.82 bits per heavy atom. The largest absolute Gasteiger partial charge is 0.399 e. The summed E-state index contributed by atoms with van der Waals surface area (Å²) in [6.07, 6.45) is 0.382. The topological polar surface area (TPSA) is 110 Å². The molecular weight excluding hydrogens is 220 g/mol. The molecule has 6 N–H and O–H groups in total. The third-order valence-corrected chi connectivity index (χ3v) is 2.65. The van der Waals surface area contributed by atoms with Crippen molar-refractivity contribution in [1.29, 1.82) is 0 Å². The van der Waals surface area contributed by atoms with Crippen LogP contribution in [0.1, 0.15) is 16.8 Å². The maximum Gasteiger partial charge on any atom is 0.250 e. The van der Waals surface area contributed by atoms with Gasteiger partial charge >= 0.3 is 0 Å². The van der Waals surface area contributed by atoms with Crippen LogP contribution in [-0.2, 0) is 4.79 Å². The van der Waals surface area contributed by atoms with Gasteiger partial charge in [0, 0.05) is 24.3 Å². The number of hydrogen-bond donors (Lipinski definition) is 4. The maximum absolute atomic E-state index is 11.2. The molecule has 17 heavy (non-hydrogen) atoms. The maximum atomic E-state index is 11.2. The minimum absolute atomic E-state index is 0.00738. The van der Waals surface area contributed by atoms with Crippen LogP contribution in [0.2, 0.25) is 0 Å². The van der Waals surface area contributed by atoms with Crippen molar-refractivity contribution in [2.45, 2.75) is 12.5 Å². The van der Waals surface area contributed by atoms with Crippen LogP contribution in [0, 0.1) is 0 Å². The van der Waals surface area contributed by atoms with Gasteiger partial charge in [-0.3, -0.25) is 9.59 Å². The minimum atomic E-state index is -0.523. The standard InChI is InChI=1S/C11H14N4O2/c12-6-1-2-8(11(13)17)9(3-6)15-7-4-10(16)14-5-7/h1-3,7,15H,4-5,12H2,(H2,13,17)(H,14,16). The Balaban J connectivity index is 2.21. The van der Waals surface area contributed by atoms with Crippen LogP contribution in [0.25, 0.3) is 0 Å². The van der Waals surface area contributed by atoms with Gasteiger partial charge in [0.05, 0.1) is 11.6 Å². The summed E-state index contributed by atoms with van der Waals surface area (Å²) in [5.41, 5.74) is 12.4. The van der Waals surface area contributed by atoms with Gasteiger partial charge in [0.2, 0.25) is 5.91 Å². The van der Waals surface area contributed by atoms with Crippen molar-refractivity contribution in [1.82, 2.24) is 5.32 Å². The molecule has 2 amide bonds. The molecule has 1 aromatic carbocycles. The number of amides is 2. The number of nitrogens with one attached hydrogen (secondary N) is 2. The highest BCUT2D eigenvalue weighted by molar-refractivity contribution is 5.99. The Morgan fingerprint density at radius 2 is 2.24 bits per heavy atom. The number of carbonyl (C=O) groups excluding carboxylic acids is 2. The van der Waals surface area contributed by atoms with Crippen molar-refractivity contribution in [2.24, 2.45) is 5.73 Å². The summed E-state index contributed by atoms with van der Waals surface area (Å²) in [7, 11) is 0. The number of benzene rings is 1. The molecule has 0 saturated carbocycles. The van der Waals surface area contributed by atoms with Crippen molar-refractivity contribution in [2.75, 3.05) is 17.6 Å². The van der Waals surface area contributed by atoms with Gasteiger partial charge in [-0.1, -0.05) is 0 Å². The normalized spacial score (nSPS) is 18.8. The van der Waals surface area contributed by atoms with E-state index in [0.717, 1.165) is 0 Å². The lowest BCUT2D eigenvalue weighted by atomic mass is 10.1. The predicted molar refractivity (Wildman–Crippen MR) is 64.4 cm³/mol. The van der Waals surface area contributed by atoms with E-state index >= 15 is 0 Å². The lowest BCUT2D eigenvalue weighted by Gasteiger charge is -2.15. The number of anilines is 2. The summed E-state index contributed by atoms with van der Waals surface area (Å²) in [6, 6.07) is 4.79. The Morgan fingerprint density at radius 1 is 1.47 bits per heavy atom. The lowest BCUT2D eigenvalue weighted by molar-refractivity contribution is -0.119. The highest BCUT2D eigenvalue weighted by Crippen LogP contribution is 2.21. The highest BCUT2D eigenvalue weighted by atomic mass is 16.2. The molecule has 2 rings (SSSR count). The first kappa shape index (κ1) is 11.3. The zero-order chi connectivity index (χ0) is 12.4.